The number of esters is 1. The second-order valence-electron chi connectivity index (χ2n) is 14.1. The Bertz CT molecular complexity index is 2560. The van der Waals surface area contributed by atoms with Crippen molar-refractivity contribution in [2.75, 3.05) is 27.3 Å². The van der Waals surface area contributed by atoms with Crippen LogP contribution in [0, 0.1) is 34.7 Å². The van der Waals surface area contributed by atoms with E-state index in [9.17, 15) is 24.8 Å². The first-order valence-corrected chi connectivity index (χ1v) is 18.6. The van der Waals surface area contributed by atoms with Crippen LogP contribution in [-0.4, -0.2) is 76.0 Å². The number of fused-ring (bicyclic) bond motifs is 4. The summed E-state index contributed by atoms with van der Waals surface area (Å²) in [6.07, 6.45) is 0.0715. The first-order chi connectivity index (χ1) is 26.9. The summed E-state index contributed by atoms with van der Waals surface area (Å²) in [6, 6.07) is 10.9. The Morgan fingerprint density at radius 3 is 2.48 bits per heavy atom. The number of carboxylic acid groups (broad SMARTS) is 1. The number of halogens is 5. The molecule has 9 rings (SSSR count). The fourth-order valence-electron chi connectivity index (χ4n) is 8.92. The number of hydrogen-bond acceptors (Lipinski definition) is 7. The van der Waals surface area contributed by atoms with Crippen molar-refractivity contribution in [1.29, 1.82) is 5.26 Å². The highest BCUT2D eigenvalue weighted by Gasteiger charge is 2.56. The minimum atomic E-state index is -1.50. The van der Waals surface area contributed by atoms with Crippen LogP contribution in [0.5, 0.6) is 0 Å². The van der Waals surface area contributed by atoms with Crippen LogP contribution in [-0.2, 0) is 15.9 Å². The van der Waals surface area contributed by atoms with Crippen molar-refractivity contribution in [3.8, 4) is 28.5 Å². The molecule has 1 N–H and O–H groups in total. The van der Waals surface area contributed by atoms with Gasteiger partial charge in [0.05, 0.1) is 65.2 Å². The maximum absolute atomic E-state index is 17.6. The van der Waals surface area contributed by atoms with E-state index < -0.39 is 59.3 Å². The molecule has 56 heavy (non-hydrogen) atoms. The number of methoxy groups -OCH3 is 2. The van der Waals surface area contributed by atoms with E-state index in [4.69, 9.17) is 32.9 Å². The fraction of sp³-hybridized carbons (Fsp3) is 0.325. The van der Waals surface area contributed by atoms with E-state index in [1.165, 1.54) is 18.1 Å². The lowest BCUT2D eigenvalue weighted by molar-refractivity contribution is 0.0594. The van der Waals surface area contributed by atoms with Gasteiger partial charge in [0.15, 0.2) is 17.5 Å². The number of nitriles is 1. The van der Waals surface area contributed by atoms with Crippen molar-refractivity contribution in [2.24, 2.45) is 5.92 Å². The molecular formula is C40H32Cl2F3N5O6. The van der Waals surface area contributed by atoms with Crippen molar-refractivity contribution in [2.45, 2.75) is 50.2 Å². The van der Waals surface area contributed by atoms with Gasteiger partial charge in [0.2, 0.25) is 0 Å². The molecule has 4 atom stereocenters. The second-order valence-corrected chi connectivity index (χ2v) is 14.9. The third-order valence-corrected chi connectivity index (χ3v) is 12.2. The standard InChI is InChI=1S/C40H32Cl2F3N5O6/c1-55-38(51)22-11-10-21(31(43)32(22)44)34-24-16-27(26-9-5-13-48(26)40(54)56-2)50(36-19-15-28(36)49(17-19)39(52)53)37(24)23-14-18(6-4-12-46)29(33(45)35(23)47-34)20-7-3-8-25(41)30(20)42/h3,7-8,10-11,14,16,19,26,28,36H,4-6,9,13,15,17H2,1-2H3,(H,52,53)/t19-,26?,28-,36+/m1/s1. The van der Waals surface area contributed by atoms with Crippen LogP contribution in [0.25, 0.3) is 44.2 Å². The number of nitrogens with zero attached hydrogens (tertiary/aromatic N) is 5. The Morgan fingerprint density at radius 1 is 1.00 bits per heavy atom. The number of rotatable bonds is 7. The zero-order chi connectivity index (χ0) is 39.7. The van der Waals surface area contributed by atoms with Crippen LogP contribution in [0.2, 0.25) is 10.0 Å². The van der Waals surface area contributed by atoms with E-state index in [0.29, 0.717) is 42.6 Å². The molecule has 2 amide bonds. The van der Waals surface area contributed by atoms with E-state index in [1.54, 1.807) is 35.2 Å². The van der Waals surface area contributed by atoms with Gasteiger partial charge in [0, 0.05) is 58.6 Å². The number of amides is 2. The molecule has 5 heterocycles. The Morgan fingerprint density at radius 2 is 1.79 bits per heavy atom. The van der Waals surface area contributed by atoms with Crippen LogP contribution in [0.4, 0.5) is 22.8 Å². The summed E-state index contributed by atoms with van der Waals surface area (Å²) in [5.41, 5.74) is 0.0651. The van der Waals surface area contributed by atoms with Gasteiger partial charge in [-0.15, -0.1) is 0 Å². The molecule has 1 saturated carbocycles. The van der Waals surface area contributed by atoms with Gasteiger partial charge in [-0.2, -0.15) is 5.26 Å². The molecular weight excluding hydrogens is 774 g/mol. The number of benzene rings is 3. The molecule has 2 aromatic heterocycles. The predicted molar refractivity (Wildman–Crippen MR) is 200 cm³/mol. The molecule has 3 saturated heterocycles. The topological polar surface area (TPSA) is 138 Å². The molecule has 3 aromatic carbocycles. The molecule has 4 fully saturated rings. The number of pyridine rings is 1. The van der Waals surface area contributed by atoms with E-state index in [0.717, 1.165) is 13.2 Å². The van der Waals surface area contributed by atoms with Crippen LogP contribution < -0.4 is 0 Å². The lowest BCUT2D eigenvalue weighted by Gasteiger charge is -2.40. The quantitative estimate of drug-likeness (QED) is 0.161. The average molecular weight is 807 g/mol. The predicted octanol–water partition coefficient (Wildman–Crippen LogP) is 9.32. The smallest absolute Gasteiger partial charge is 0.410 e. The zero-order valence-corrected chi connectivity index (χ0v) is 31.4. The third-order valence-electron chi connectivity index (χ3n) is 11.4. The molecule has 1 unspecified atom stereocenters. The monoisotopic (exact) mass is 805 g/mol. The summed E-state index contributed by atoms with van der Waals surface area (Å²) in [7, 11) is 2.30. The van der Waals surface area contributed by atoms with Crippen molar-refractivity contribution < 1.29 is 42.1 Å². The van der Waals surface area contributed by atoms with Crippen LogP contribution in [0.1, 0.15) is 59.4 Å². The number of likely N-dealkylation sites (tertiary alicyclic amines) is 1. The van der Waals surface area contributed by atoms with Gasteiger partial charge in [-0.3, -0.25) is 4.90 Å². The molecule has 5 aromatic rings. The Kier molecular flexibility index (Phi) is 9.49. The number of aromatic nitrogens is 2. The van der Waals surface area contributed by atoms with Gasteiger partial charge in [-0.05, 0) is 61.6 Å². The van der Waals surface area contributed by atoms with Gasteiger partial charge >= 0.3 is 18.2 Å². The first-order valence-electron chi connectivity index (χ1n) is 17.8. The van der Waals surface area contributed by atoms with Gasteiger partial charge in [0.1, 0.15) is 5.52 Å². The zero-order valence-electron chi connectivity index (χ0n) is 29.9. The van der Waals surface area contributed by atoms with Crippen LogP contribution >= 0.6 is 23.2 Å². The number of aryl methyl sites for hydroxylation is 1. The summed E-state index contributed by atoms with van der Waals surface area (Å²) in [5, 5.41) is 20.5. The van der Waals surface area contributed by atoms with Crippen molar-refractivity contribution in [1.82, 2.24) is 19.4 Å². The third kappa shape index (κ3) is 5.62. The SMILES string of the molecule is COC(=O)c1ccc(-c2nc3c(F)c(-c4cccc(Cl)c4Cl)c(CCC#N)cc3c3c2cc(C2CCCN2C(=O)OC)n3[C@H]2[C@@H]3C[C@H]2N(C(=O)O)C3)c(F)c1F. The fourth-order valence-corrected chi connectivity index (χ4v) is 9.31. The van der Waals surface area contributed by atoms with Gasteiger partial charge < -0.3 is 24.0 Å². The highest BCUT2D eigenvalue weighted by Crippen LogP contribution is 2.54. The number of ether oxygens (including phenoxy) is 2. The summed E-state index contributed by atoms with van der Waals surface area (Å²) in [4.78, 5) is 45.5. The lowest BCUT2D eigenvalue weighted by Crippen LogP contribution is -2.43. The maximum Gasteiger partial charge on any atom is 0.410 e. The highest BCUT2D eigenvalue weighted by molar-refractivity contribution is 6.43. The molecule has 3 aliphatic heterocycles. The van der Waals surface area contributed by atoms with E-state index in [-0.39, 0.29) is 74.0 Å². The number of carbonyl (C=O) groups excluding carboxylic acids is 2. The minimum absolute atomic E-state index is 0.00455. The molecule has 288 valence electrons. The van der Waals surface area contributed by atoms with Gasteiger partial charge in [-0.25, -0.2) is 32.5 Å². The molecule has 0 radical (unpaired) electrons. The lowest BCUT2D eigenvalue weighted by atomic mass is 9.79. The summed E-state index contributed by atoms with van der Waals surface area (Å²) >= 11 is 13.0. The molecule has 11 nitrogen and oxygen atoms in total. The van der Waals surface area contributed by atoms with E-state index in [1.807, 2.05) is 4.57 Å². The minimum Gasteiger partial charge on any atom is -0.465 e. The van der Waals surface area contributed by atoms with Crippen molar-refractivity contribution >= 4 is 63.2 Å². The molecule has 1 aliphatic carbocycles. The maximum atomic E-state index is 17.6. The molecule has 16 heteroatoms. The molecule has 0 spiro atoms. The average Bonchev–Trinajstić information content (AvgIpc) is 3.99. The Balaban J connectivity index is 1.53. The number of hydrogen-bond donors (Lipinski definition) is 1. The highest BCUT2D eigenvalue weighted by atomic mass is 35.5. The summed E-state index contributed by atoms with van der Waals surface area (Å²) < 4.78 is 61.3. The second kappa shape index (κ2) is 14.2. The summed E-state index contributed by atoms with van der Waals surface area (Å²) in [6.45, 7) is 0.591. The molecule has 2 bridgehead atoms. The van der Waals surface area contributed by atoms with E-state index >= 15 is 13.2 Å². The Hall–Kier alpha value is -5.52. The van der Waals surface area contributed by atoms with Crippen molar-refractivity contribution in [3.63, 3.8) is 0 Å². The summed E-state index contributed by atoms with van der Waals surface area (Å²) in [5.74, 6) is -5.07. The normalized spacial score (nSPS) is 20.0. The van der Waals surface area contributed by atoms with E-state index in [2.05, 4.69) is 10.8 Å². The van der Waals surface area contributed by atoms with Gasteiger partial charge in [-0.1, -0.05) is 35.3 Å². The van der Waals surface area contributed by atoms with Crippen LogP contribution in [0.15, 0.2) is 42.5 Å². The first kappa shape index (κ1) is 37.4. The largest absolute Gasteiger partial charge is 0.465 e. The van der Waals surface area contributed by atoms with Crippen LogP contribution in [0.3, 0.4) is 0 Å². The van der Waals surface area contributed by atoms with Gasteiger partial charge in [0.25, 0.3) is 0 Å². The number of carbonyl (C=O) groups is 3. The Labute approximate surface area is 327 Å². The van der Waals surface area contributed by atoms with Crippen molar-refractivity contribution in [3.05, 3.63) is 86.8 Å². The molecule has 4 aliphatic rings.